The average Bonchev–Trinajstić information content (AvgIpc) is 2.55. The van der Waals surface area contributed by atoms with Gasteiger partial charge in [-0.1, -0.05) is 12.1 Å². The number of carboxylic acids is 1. The number of carbonyl (C=O) groups excluding carboxylic acids is 1. The molecule has 0 radical (unpaired) electrons. The van der Waals surface area contributed by atoms with Crippen LogP contribution in [0.3, 0.4) is 0 Å². The van der Waals surface area contributed by atoms with Gasteiger partial charge in [-0.3, -0.25) is 4.79 Å². The van der Waals surface area contributed by atoms with Crippen molar-refractivity contribution in [2.24, 2.45) is 0 Å². The van der Waals surface area contributed by atoms with E-state index in [1.54, 1.807) is 31.4 Å². The highest BCUT2D eigenvalue weighted by Gasteiger charge is 2.08. The number of benzene rings is 1. The van der Waals surface area contributed by atoms with Crippen LogP contribution >= 0.6 is 0 Å². The fourth-order valence-electron chi connectivity index (χ4n) is 1.63. The Morgan fingerprint density at radius 1 is 1.35 bits per heavy atom. The van der Waals surface area contributed by atoms with Crippen LogP contribution in [0.2, 0.25) is 0 Å². The van der Waals surface area contributed by atoms with Crippen molar-refractivity contribution in [1.82, 2.24) is 5.32 Å². The van der Waals surface area contributed by atoms with Crippen LogP contribution in [-0.4, -0.2) is 43.9 Å². The number of amides is 1. The quantitative estimate of drug-likeness (QED) is 0.402. The topological polar surface area (TPSA) is 109 Å². The molecule has 0 atom stereocenters. The van der Waals surface area contributed by atoms with Gasteiger partial charge in [-0.15, -0.1) is 0 Å². The van der Waals surface area contributed by atoms with Crippen molar-refractivity contribution in [3.8, 4) is 11.8 Å². The van der Waals surface area contributed by atoms with Gasteiger partial charge in [-0.05, 0) is 30.2 Å². The van der Waals surface area contributed by atoms with Crippen molar-refractivity contribution in [3.05, 3.63) is 35.4 Å². The van der Waals surface area contributed by atoms with Crippen LogP contribution in [0.5, 0.6) is 5.75 Å². The van der Waals surface area contributed by atoms with Crippen molar-refractivity contribution in [1.29, 1.82) is 5.26 Å². The molecule has 0 unspecified atom stereocenters. The molecule has 0 saturated carbocycles. The zero-order chi connectivity index (χ0) is 17.1. The Bertz CT molecular complexity index is 602. The van der Waals surface area contributed by atoms with E-state index in [9.17, 15) is 9.59 Å². The second-order valence-electron chi connectivity index (χ2n) is 4.52. The summed E-state index contributed by atoms with van der Waals surface area (Å²) >= 11 is 0. The maximum atomic E-state index is 11.9. The summed E-state index contributed by atoms with van der Waals surface area (Å²) in [6.07, 6.45) is 2.11. The van der Waals surface area contributed by atoms with E-state index in [0.717, 1.165) is 0 Å². The van der Waals surface area contributed by atoms with Gasteiger partial charge >= 0.3 is 5.97 Å². The first-order valence-electron chi connectivity index (χ1n) is 6.90. The Balaban J connectivity index is 2.65. The van der Waals surface area contributed by atoms with Gasteiger partial charge in [-0.25, -0.2) is 4.79 Å². The maximum Gasteiger partial charge on any atom is 0.341 e. The molecule has 1 aromatic rings. The number of nitrogens with zero attached hydrogens (tertiary/aromatic N) is 1. The van der Waals surface area contributed by atoms with Crippen LogP contribution in [0.25, 0.3) is 6.08 Å². The standard InChI is InChI=1S/C16H18N2O5/c1-22-8-2-7-18-16(21)13(10-17)9-12-3-5-14(6-4-12)23-11-15(19)20/h3-6,9H,2,7-8,11H2,1H3,(H,18,21)(H,19,20)/b13-9+. The molecule has 122 valence electrons. The molecule has 0 aliphatic carbocycles. The molecule has 0 bridgehead atoms. The van der Waals surface area contributed by atoms with E-state index in [0.29, 0.717) is 30.9 Å². The molecular formula is C16H18N2O5. The Morgan fingerprint density at radius 2 is 2.04 bits per heavy atom. The summed E-state index contributed by atoms with van der Waals surface area (Å²) < 4.78 is 9.87. The Morgan fingerprint density at radius 3 is 2.61 bits per heavy atom. The molecule has 1 aromatic carbocycles. The van der Waals surface area contributed by atoms with Crippen molar-refractivity contribution in [2.45, 2.75) is 6.42 Å². The molecule has 0 aliphatic heterocycles. The third kappa shape index (κ3) is 7.11. The average molecular weight is 318 g/mol. The number of nitriles is 1. The van der Waals surface area contributed by atoms with Gasteiger partial charge in [-0.2, -0.15) is 5.26 Å². The number of carboxylic acid groups (broad SMARTS) is 1. The van der Waals surface area contributed by atoms with Crippen molar-refractivity contribution >= 4 is 18.0 Å². The third-order valence-electron chi connectivity index (χ3n) is 2.73. The molecule has 0 heterocycles. The molecule has 0 saturated heterocycles. The van der Waals surface area contributed by atoms with E-state index in [2.05, 4.69) is 5.32 Å². The lowest BCUT2D eigenvalue weighted by Crippen LogP contribution is -2.26. The van der Waals surface area contributed by atoms with Crippen molar-refractivity contribution < 1.29 is 24.2 Å². The predicted octanol–water partition coefficient (Wildman–Crippen LogP) is 1.21. The van der Waals surface area contributed by atoms with Crippen LogP contribution in [0.4, 0.5) is 0 Å². The molecule has 0 spiro atoms. The van der Waals surface area contributed by atoms with Gasteiger partial charge in [0.25, 0.3) is 5.91 Å². The minimum Gasteiger partial charge on any atom is -0.482 e. The van der Waals surface area contributed by atoms with Crippen molar-refractivity contribution in [3.63, 3.8) is 0 Å². The molecule has 0 fully saturated rings. The summed E-state index contributed by atoms with van der Waals surface area (Å²) in [7, 11) is 1.58. The summed E-state index contributed by atoms with van der Waals surface area (Å²) in [4.78, 5) is 22.3. The highest BCUT2D eigenvalue weighted by atomic mass is 16.5. The molecule has 1 rings (SSSR count). The van der Waals surface area contributed by atoms with E-state index in [1.165, 1.54) is 6.08 Å². The second-order valence-corrected chi connectivity index (χ2v) is 4.52. The van der Waals surface area contributed by atoms with Gasteiger partial charge in [0.1, 0.15) is 17.4 Å². The van der Waals surface area contributed by atoms with Crippen LogP contribution in [-0.2, 0) is 14.3 Å². The fourth-order valence-corrected chi connectivity index (χ4v) is 1.63. The van der Waals surface area contributed by atoms with Gasteiger partial charge in [0.05, 0.1) is 0 Å². The monoisotopic (exact) mass is 318 g/mol. The number of hydrogen-bond donors (Lipinski definition) is 2. The Hall–Kier alpha value is -2.85. The van der Waals surface area contributed by atoms with E-state index in [-0.39, 0.29) is 5.57 Å². The highest BCUT2D eigenvalue weighted by molar-refractivity contribution is 6.01. The minimum atomic E-state index is -1.06. The summed E-state index contributed by atoms with van der Waals surface area (Å²) in [6, 6.07) is 8.26. The molecule has 2 N–H and O–H groups in total. The van der Waals surface area contributed by atoms with E-state index in [1.807, 2.05) is 6.07 Å². The van der Waals surface area contributed by atoms with Crippen molar-refractivity contribution in [2.75, 3.05) is 26.9 Å². The summed E-state index contributed by atoms with van der Waals surface area (Å²) in [5, 5.41) is 20.2. The number of carbonyl (C=O) groups is 2. The first kappa shape index (κ1) is 18.2. The largest absolute Gasteiger partial charge is 0.482 e. The zero-order valence-corrected chi connectivity index (χ0v) is 12.7. The van der Waals surface area contributed by atoms with E-state index in [4.69, 9.17) is 19.8 Å². The first-order valence-corrected chi connectivity index (χ1v) is 6.90. The van der Waals surface area contributed by atoms with Crippen LogP contribution in [0.1, 0.15) is 12.0 Å². The number of hydrogen-bond acceptors (Lipinski definition) is 5. The third-order valence-corrected chi connectivity index (χ3v) is 2.73. The molecular weight excluding hydrogens is 300 g/mol. The number of ether oxygens (including phenoxy) is 2. The summed E-state index contributed by atoms with van der Waals surface area (Å²) in [5.74, 6) is -1.12. The lowest BCUT2D eigenvalue weighted by atomic mass is 10.1. The SMILES string of the molecule is COCCCNC(=O)/C(C#N)=C/c1ccc(OCC(=O)O)cc1. The number of rotatable bonds is 9. The zero-order valence-electron chi connectivity index (χ0n) is 12.7. The minimum absolute atomic E-state index is 0.0124. The summed E-state index contributed by atoms with van der Waals surface area (Å²) in [6.45, 7) is 0.528. The smallest absolute Gasteiger partial charge is 0.341 e. The number of methoxy groups -OCH3 is 1. The first-order chi connectivity index (χ1) is 11.1. The predicted molar refractivity (Wildman–Crippen MR) is 82.7 cm³/mol. The van der Waals surface area contributed by atoms with Crippen LogP contribution in [0.15, 0.2) is 29.8 Å². The molecule has 7 heteroatoms. The fraction of sp³-hybridized carbons (Fsp3) is 0.312. The molecule has 7 nitrogen and oxygen atoms in total. The maximum absolute atomic E-state index is 11.9. The molecule has 1 amide bonds. The summed E-state index contributed by atoms with van der Waals surface area (Å²) in [5.41, 5.74) is 0.623. The van der Waals surface area contributed by atoms with Gasteiger partial charge in [0, 0.05) is 20.3 Å². The molecule has 0 aliphatic rings. The number of aliphatic carboxylic acids is 1. The molecule has 23 heavy (non-hydrogen) atoms. The van der Waals surface area contributed by atoms with E-state index < -0.39 is 18.5 Å². The highest BCUT2D eigenvalue weighted by Crippen LogP contribution is 2.14. The molecule has 0 aromatic heterocycles. The number of nitrogens with one attached hydrogen (secondary N) is 1. The van der Waals surface area contributed by atoms with Gasteiger partial charge in [0.15, 0.2) is 6.61 Å². The normalized spacial score (nSPS) is 10.7. The Kier molecular flexibility index (Phi) is 7.89. The van der Waals surface area contributed by atoms with Gasteiger partial charge in [0.2, 0.25) is 0 Å². The second kappa shape index (κ2) is 9.97. The lowest BCUT2D eigenvalue weighted by molar-refractivity contribution is -0.139. The van der Waals surface area contributed by atoms with Crippen LogP contribution in [0, 0.1) is 11.3 Å². The van der Waals surface area contributed by atoms with Gasteiger partial charge < -0.3 is 19.9 Å². The van der Waals surface area contributed by atoms with E-state index >= 15 is 0 Å². The Labute approximate surface area is 134 Å². The lowest BCUT2D eigenvalue weighted by Gasteiger charge is -2.05. The van der Waals surface area contributed by atoms with Crippen LogP contribution < -0.4 is 10.1 Å².